The fraction of sp³-hybridized carbons (Fsp3) is 0.500. The van der Waals surface area contributed by atoms with Crippen molar-refractivity contribution in [3.05, 3.63) is 29.3 Å². The second-order valence-corrected chi connectivity index (χ2v) is 4.89. The van der Waals surface area contributed by atoms with Crippen molar-refractivity contribution in [3.8, 4) is 0 Å². The molecule has 1 aliphatic heterocycles. The van der Waals surface area contributed by atoms with E-state index in [9.17, 15) is 18.0 Å². The van der Waals surface area contributed by atoms with Crippen LogP contribution in [0.15, 0.2) is 18.2 Å². The number of amides is 1. The molecule has 1 aromatic carbocycles. The zero-order valence-electron chi connectivity index (χ0n) is 11.2. The van der Waals surface area contributed by atoms with Gasteiger partial charge in [0.15, 0.2) is 0 Å². The first-order valence-electron chi connectivity index (χ1n) is 6.62. The minimum Gasteiger partial charge on any atom is -0.326 e. The molecule has 1 heterocycles. The molecule has 1 atom stereocenters. The lowest BCUT2D eigenvalue weighted by atomic mass is 9.96. The standard InChI is InChI=1S/C14H17F3N2O/c1-2-18-12(8-14(15,16)17)10-3-5-11-9(7-10)4-6-13(20)19-11/h3,5,7,12,18H,2,4,6,8H2,1H3,(H,19,20). The van der Waals surface area contributed by atoms with Gasteiger partial charge in [-0.1, -0.05) is 19.1 Å². The number of carbonyl (C=O) groups excluding carboxylic acids is 1. The van der Waals surface area contributed by atoms with Crippen LogP contribution in [0.5, 0.6) is 0 Å². The summed E-state index contributed by atoms with van der Waals surface area (Å²) in [6.45, 7) is 2.25. The predicted octanol–water partition coefficient (Wildman–Crippen LogP) is 3.17. The van der Waals surface area contributed by atoms with Gasteiger partial charge in [0.25, 0.3) is 0 Å². The van der Waals surface area contributed by atoms with Crippen molar-refractivity contribution in [1.82, 2.24) is 5.32 Å². The maximum absolute atomic E-state index is 12.6. The zero-order valence-corrected chi connectivity index (χ0v) is 11.2. The highest BCUT2D eigenvalue weighted by Crippen LogP contribution is 2.32. The molecule has 0 bridgehead atoms. The number of anilines is 1. The molecule has 0 fully saturated rings. The van der Waals surface area contributed by atoms with E-state index >= 15 is 0 Å². The highest BCUT2D eigenvalue weighted by molar-refractivity contribution is 5.93. The normalized spacial score (nSPS) is 16.5. The molecule has 3 nitrogen and oxygen atoms in total. The van der Waals surface area contributed by atoms with Crippen molar-refractivity contribution in [3.63, 3.8) is 0 Å². The Morgan fingerprint density at radius 3 is 2.75 bits per heavy atom. The summed E-state index contributed by atoms with van der Waals surface area (Å²) < 4.78 is 37.8. The lowest BCUT2D eigenvalue weighted by Gasteiger charge is -2.23. The maximum atomic E-state index is 12.6. The number of nitrogens with one attached hydrogen (secondary N) is 2. The number of fused-ring (bicyclic) bond motifs is 1. The first-order valence-corrected chi connectivity index (χ1v) is 6.62. The lowest BCUT2D eigenvalue weighted by molar-refractivity contribution is -0.140. The Kier molecular flexibility index (Phi) is 4.32. The van der Waals surface area contributed by atoms with Crippen LogP contribution in [0.1, 0.15) is 36.9 Å². The highest BCUT2D eigenvalue weighted by Gasteiger charge is 2.32. The highest BCUT2D eigenvalue weighted by atomic mass is 19.4. The van der Waals surface area contributed by atoms with E-state index in [0.29, 0.717) is 30.6 Å². The third-order valence-corrected chi connectivity index (χ3v) is 3.31. The summed E-state index contributed by atoms with van der Waals surface area (Å²) in [6, 6.07) is 4.34. The summed E-state index contributed by atoms with van der Waals surface area (Å²) in [7, 11) is 0. The van der Waals surface area contributed by atoms with Crippen molar-refractivity contribution < 1.29 is 18.0 Å². The van der Waals surface area contributed by atoms with Crippen LogP contribution < -0.4 is 10.6 Å². The minimum absolute atomic E-state index is 0.0521. The topological polar surface area (TPSA) is 41.1 Å². The molecule has 0 saturated carbocycles. The average molecular weight is 286 g/mol. The third kappa shape index (κ3) is 3.72. The van der Waals surface area contributed by atoms with E-state index in [-0.39, 0.29) is 5.91 Å². The number of aryl methyl sites for hydroxylation is 1. The molecule has 0 aromatic heterocycles. The van der Waals surface area contributed by atoms with Crippen molar-refractivity contribution in [1.29, 1.82) is 0 Å². The molecule has 2 rings (SSSR count). The number of carbonyl (C=O) groups is 1. The van der Waals surface area contributed by atoms with E-state index in [1.165, 1.54) is 0 Å². The summed E-state index contributed by atoms with van der Waals surface area (Å²) in [5.41, 5.74) is 2.21. The summed E-state index contributed by atoms with van der Waals surface area (Å²) in [5, 5.41) is 5.59. The number of benzene rings is 1. The Morgan fingerprint density at radius 1 is 1.35 bits per heavy atom. The molecule has 0 aliphatic carbocycles. The van der Waals surface area contributed by atoms with Gasteiger partial charge in [-0.3, -0.25) is 4.79 Å². The van der Waals surface area contributed by atoms with Gasteiger partial charge in [-0.25, -0.2) is 0 Å². The number of alkyl halides is 3. The molecule has 0 radical (unpaired) electrons. The van der Waals surface area contributed by atoms with Crippen LogP contribution in [0.4, 0.5) is 18.9 Å². The minimum atomic E-state index is -4.21. The molecule has 6 heteroatoms. The summed E-state index contributed by atoms with van der Waals surface area (Å²) in [4.78, 5) is 11.3. The number of hydrogen-bond acceptors (Lipinski definition) is 2. The van der Waals surface area contributed by atoms with Gasteiger partial charge in [0.2, 0.25) is 5.91 Å². The van der Waals surface area contributed by atoms with Crippen LogP contribution in [0.2, 0.25) is 0 Å². The SMILES string of the molecule is CCNC(CC(F)(F)F)c1ccc2c(c1)CCC(=O)N2. The quantitative estimate of drug-likeness (QED) is 0.892. The van der Waals surface area contributed by atoms with Crippen molar-refractivity contribution in [2.24, 2.45) is 0 Å². The molecule has 0 saturated heterocycles. The maximum Gasteiger partial charge on any atom is 0.390 e. The van der Waals surface area contributed by atoms with Gasteiger partial charge in [0.05, 0.1) is 6.42 Å². The van der Waals surface area contributed by atoms with E-state index in [0.717, 1.165) is 5.56 Å². The van der Waals surface area contributed by atoms with Crippen molar-refractivity contribution >= 4 is 11.6 Å². The van der Waals surface area contributed by atoms with Gasteiger partial charge in [0, 0.05) is 18.2 Å². The Bertz CT molecular complexity index is 500. The van der Waals surface area contributed by atoms with E-state index < -0.39 is 18.6 Å². The van der Waals surface area contributed by atoms with Gasteiger partial charge in [-0.15, -0.1) is 0 Å². The molecule has 0 spiro atoms. The fourth-order valence-corrected chi connectivity index (χ4v) is 2.41. The van der Waals surface area contributed by atoms with Crippen LogP contribution in [-0.4, -0.2) is 18.6 Å². The largest absolute Gasteiger partial charge is 0.390 e. The Labute approximate surface area is 115 Å². The first-order chi connectivity index (χ1) is 9.39. The summed E-state index contributed by atoms with van der Waals surface area (Å²) in [5.74, 6) is -0.0521. The second-order valence-electron chi connectivity index (χ2n) is 4.89. The Hall–Kier alpha value is -1.56. The molecule has 1 aromatic rings. The van der Waals surface area contributed by atoms with Crippen molar-refractivity contribution in [2.75, 3.05) is 11.9 Å². The fourth-order valence-electron chi connectivity index (χ4n) is 2.41. The van der Waals surface area contributed by atoms with Crippen LogP contribution in [0.25, 0.3) is 0 Å². The van der Waals surface area contributed by atoms with Crippen molar-refractivity contribution in [2.45, 2.75) is 38.4 Å². The molecule has 1 aliphatic rings. The van der Waals surface area contributed by atoms with Crippen LogP contribution in [0.3, 0.4) is 0 Å². The van der Waals surface area contributed by atoms with Gasteiger partial charge in [-0.2, -0.15) is 13.2 Å². The number of rotatable bonds is 4. The van der Waals surface area contributed by atoms with E-state index in [2.05, 4.69) is 10.6 Å². The molecule has 110 valence electrons. The summed E-state index contributed by atoms with van der Waals surface area (Å²) in [6.07, 6.45) is -4.16. The van der Waals surface area contributed by atoms with E-state index in [1.54, 1.807) is 25.1 Å². The monoisotopic (exact) mass is 286 g/mol. The van der Waals surface area contributed by atoms with Gasteiger partial charge < -0.3 is 10.6 Å². The van der Waals surface area contributed by atoms with Crippen LogP contribution in [0, 0.1) is 0 Å². The third-order valence-electron chi connectivity index (χ3n) is 3.31. The smallest absolute Gasteiger partial charge is 0.326 e. The molecule has 1 unspecified atom stereocenters. The average Bonchev–Trinajstić information content (AvgIpc) is 2.36. The Morgan fingerprint density at radius 2 is 2.10 bits per heavy atom. The zero-order chi connectivity index (χ0) is 14.8. The van der Waals surface area contributed by atoms with Crippen LogP contribution >= 0.6 is 0 Å². The van der Waals surface area contributed by atoms with Gasteiger partial charge in [0.1, 0.15) is 0 Å². The lowest BCUT2D eigenvalue weighted by Crippen LogP contribution is -2.27. The van der Waals surface area contributed by atoms with E-state index in [1.807, 2.05) is 0 Å². The second kappa shape index (κ2) is 5.83. The first kappa shape index (κ1) is 14.8. The molecule has 2 N–H and O–H groups in total. The van der Waals surface area contributed by atoms with Crippen LogP contribution in [-0.2, 0) is 11.2 Å². The predicted molar refractivity (Wildman–Crippen MR) is 70.5 cm³/mol. The van der Waals surface area contributed by atoms with Gasteiger partial charge >= 0.3 is 6.18 Å². The molecule has 20 heavy (non-hydrogen) atoms. The molecular weight excluding hydrogens is 269 g/mol. The Balaban J connectivity index is 2.23. The van der Waals surface area contributed by atoms with Gasteiger partial charge in [-0.05, 0) is 30.2 Å². The molecule has 1 amide bonds. The number of halogens is 3. The summed E-state index contributed by atoms with van der Waals surface area (Å²) >= 11 is 0. The molecular formula is C14H17F3N2O. The number of hydrogen-bond donors (Lipinski definition) is 2. The van der Waals surface area contributed by atoms with E-state index in [4.69, 9.17) is 0 Å².